The number of hydrogen-bond acceptors (Lipinski definition) is 7. The number of alkyl halides is 3. The van der Waals surface area contributed by atoms with Crippen LogP contribution in [-0.4, -0.2) is 51.8 Å². The lowest BCUT2D eigenvalue weighted by Crippen LogP contribution is -2.42. The molecule has 1 amide bonds. The molecule has 1 aliphatic heterocycles. The summed E-state index contributed by atoms with van der Waals surface area (Å²) < 4.78 is 45.1. The van der Waals surface area contributed by atoms with Gasteiger partial charge in [-0.1, -0.05) is 30.3 Å². The van der Waals surface area contributed by atoms with Crippen LogP contribution in [0.5, 0.6) is 5.75 Å². The number of nitrogens with two attached hydrogens (primary N) is 1. The Morgan fingerprint density at radius 3 is 2.55 bits per heavy atom. The van der Waals surface area contributed by atoms with Crippen molar-refractivity contribution < 1.29 is 22.7 Å². The van der Waals surface area contributed by atoms with E-state index in [1.807, 2.05) is 18.2 Å². The fourth-order valence-corrected chi connectivity index (χ4v) is 6.54. The zero-order chi connectivity index (χ0) is 31.1. The predicted molar refractivity (Wildman–Crippen MR) is 165 cm³/mol. The molecule has 2 aromatic carbocycles. The number of unbranched alkanes of at least 4 members (excludes halogenated alkanes) is 2. The molecule has 3 N–H and O–H groups in total. The van der Waals surface area contributed by atoms with Crippen molar-refractivity contribution >= 4 is 23.4 Å². The first-order valence-corrected chi connectivity index (χ1v) is 16.0. The van der Waals surface area contributed by atoms with Crippen LogP contribution in [0.1, 0.15) is 61.8 Å². The molecule has 0 radical (unpaired) electrons. The van der Waals surface area contributed by atoms with E-state index < -0.39 is 11.7 Å². The van der Waals surface area contributed by atoms with Crippen LogP contribution in [0.4, 0.5) is 18.9 Å². The average molecular weight is 630 g/mol. The lowest BCUT2D eigenvalue weighted by Gasteiger charge is -2.30. The lowest BCUT2D eigenvalue weighted by atomic mass is 10.0. The number of nitrogen functional groups attached to an aromatic ring is 1. The molecule has 5 rings (SSSR count). The Labute approximate surface area is 259 Å². The Balaban J connectivity index is 1.06. The highest BCUT2D eigenvalue weighted by atomic mass is 32.2. The van der Waals surface area contributed by atoms with Crippen LogP contribution in [0.15, 0.2) is 58.5 Å². The van der Waals surface area contributed by atoms with Gasteiger partial charge in [0.25, 0.3) is 5.56 Å². The van der Waals surface area contributed by atoms with E-state index in [9.17, 15) is 22.8 Å². The molecule has 0 bridgehead atoms. The second-order valence-electron chi connectivity index (χ2n) is 11.2. The van der Waals surface area contributed by atoms with Crippen molar-refractivity contribution in [3.05, 3.63) is 75.7 Å². The standard InChI is InChI=1S/C32H38F3N5O3S/c33-32(34,35)22-11-13-23(14-12-22)43-20-5-1-4-17-37-18-15-29(41)39-19-16-27-25(21-39)30(42)40(28-10-3-2-9-26(28)36)31(38-27)44-24-7-6-8-24/h2-3,9-14,24,37H,1,4-8,15-21,36H2. The maximum atomic E-state index is 13.8. The summed E-state index contributed by atoms with van der Waals surface area (Å²) in [6.07, 6.45) is 2.47. The van der Waals surface area contributed by atoms with E-state index in [0.717, 1.165) is 56.5 Å². The van der Waals surface area contributed by atoms with Gasteiger partial charge >= 0.3 is 6.18 Å². The molecular formula is C32H38F3N5O3S. The van der Waals surface area contributed by atoms with Crippen LogP contribution in [0.3, 0.4) is 0 Å². The first-order chi connectivity index (χ1) is 21.2. The number of carbonyl (C=O) groups excluding carboxylic acids is 1. The molecule has 8 nitrogen and oxygen atoms in total. The summed E-state index contributed by atoms with van der Waals surface area (Å²) in [7, 11) is 0. The van der Waals surface area contributed by atoms with Crippen LogP contribution in [0, 0.1) is 0 Å². The first-order valence-electron chi connectivity index (χ1n) is 15.2. The molecule has 1 fully saturated rings. The quantitative estimate of drug-likeness (QED) is 0.144. The van der Waals surface area contributed by atoms with Gasteiger partial charge in [0.2, 0.25) is 5.91 Å². The van der Waals surface area contributed by atoms with Gasteiger partial charge in [-0.25, -0.2) is 4.98 Å². The second-order valence-corrected chi connectivity index (χ2v) is 12.5. The minimum Gasteiger partial charge on any atom is -0.494 e. The first kappa shape index (κ1) is 31.9. The van der Waals surface area contributed by atoms with Gasteiger partial charge in [-0.05, 0) is 75.0 Å². The summed E-state index contributed by atoms with van der Waals surface area (Å²) in [5, 5.41) is 4.42. The Hall–Kier alpha value is -3.51. The van der Waals surface area contributed by atoms with E-state index in [1.54, 1.807) is 27.3 Å². The van der Waals surface area contributed by atoms with Gasteiger partial charge in [-0.15, -0.1) is 0 Å². The number of benzene rings is 2. The summed E-state index contributed by atoms with van der Waals surface area (Å²) in [5.41, 5.74) is 7.86. The summed E-state index contributed by atoms with van der Waals surface area (Å²) in [4.78, 5) is 33.5. The number of para-hydroxylation sites is 2. The zero-order valence-corrected chi connectivity index (χ0v) is 25.4. The fraction of sp³-hybridized carbons (Fsp3) is 0.469. The number of amides is 1. The number of carbonyl (C=O) groups is 1. The molecule has 2 heterocycles. The molecule has 3 aromatic rings. The van der Waals surface area contributed by atoms with Crippen LogP contribution >= 0.6 is 11.8 Å². The van der Waals surface area contributed by atoms with E-state index in [1.165, 1.54) is 18.6 Å². The number of thioether (sulfide) groups is 1. The van der Waals surface area contributed by atoms with E-state index in [2.05, 4.69) is 5.32 Å². The molecule has 0 atom stereocenters. The monoisotopic (exact) mass is 629 g/mol. The van der Waals surface area contributed by atoms with Crippen LogP contribution in [0.25, 0.3) is 5.69 Å². The summed E-state index contributed by atoms with van der Waals surface area (Å²) in [6, 6.07) is 12.0. The zero-order valence-electron chi connectivity index (χ0n) is 24.6. The van der Waals surface area contributed by atoms with Gasteiger partial charge < -0.3 is 20.7 Å². The topological polar surface area (TPSA) is 102 Å². The molecule has 1 aliphatic carbocycles. The molecule has 44 heavy (non-hydrogen) atoms. The summed E-state index contributed by atoms with van der Waals surface area (Å²) >= 11 is 1.64. The number of hydrogen-bond donors (Lipinski definition) is 2. The molecule has 1 saturated carbocycles. The minimum atomic E-state index is -4.35. The molecule has 236 valence electrons. The number of nitrogens with one attached hydrogen (secondary N) is 1. The smallest absolute Gasteiger partial charge is 0.416 e. The van der Waals surface area contributed by atoms with E-state index >= 15 is 0 Å². The number of ether oxygens (including phenoxy) is 1. The van der Waals surface area contributed by atoms with Gasteiger partial charge in [0.1, 0.15) is 5.75 Å². The predicted octanol–water partition coefficient (Wildman–Crippen LogP) is 5.59. The molecular weight excluding hydrogens is 591 g/mol. The average Bonchev–Trinajstić information content (AvgIpc) is 2.98. The van der Waals surface area contributed by atoms with Crippen molar-refractivity contribution in [3.8, 4) is 11.4 Å². The Morgan fingerprint density at radius 1 is 1.07 bits per heavy atom. The van der Waals surface area contributed by atoms with Gasteiger partial charge in [0.15, 0.2) is 5.16 Å². The fourth-order valence-electron chi connectivity index (χ4n) is 5.23. The van der Waals surface area contributed by atoms with E-state index in [0.29, 0.717) is 65.6 Å². The third-order valence-electron chi connectivity index (χ3n) is 8.02. The van der Waals surface area contributed by atoms with Gasteiger partial charge in [-0.3, -0.25) is 14.2 Å². The number of anilines is 1. The minimum absolute atomic E-state index is 0.00816. The van der Waals surface area contributed by atoms with Gasteiger partial charge in [-0.2, -0.15) is 13.2 Å². The number of fused-ring (bicyclic) bond motifs is 1. The highest BCUT2D eigenvalue weighted by Crippen LogP contribution is 2.37. The van der Waals surface area contributed by atoms with Crippen molar-refractivity contribution in [2.24, 2.45) is 0 Å². The SMILES string of the molecule is Nc1ccccc1-n1c(SC2CCC2)nc2c(c1=O)CN(C(=O)CCNCCCCCOc1ccc(C(F)(F)F)cc1)CC2. The van der Waals surface area contributed by atoms with Crippen molar-refractivity contribution in [2.45, 2.75) is 74.5 Å². The molecule has 2 aliphatic rings. The molecule has 0 saturated heterocycles. The van der Waals surface area contributed by atoms with Gasteiger partial charge in [0.05, 0.1) is 41.3 Å². The summed E-state index contributed by atoms with van der Waals surface area (Å²) in [5.74, 6) is 0.410. The van der Waals surface area contributed by atoms with Crippen LogP contribution in [-0.2, 0) is 23.9 Å². The van der Waals surface area contributed by atoms with Crippen LogP contribution < -0.4 is 21.3 Å². The Morgan fingerprint density at radius 2 is 1.84 bits per heavy atom. The van der Waals surface area contributed by atoms with Crippen molar-refractivity contribution in [1.82, 2.24) is 19.8 Å². The maximum absolute atomic E-state index is 13.8. The second kappa shape index (κ2) is 14.5. The summed E-state index contributed by atoms with van der Waals surface area (Å²) in [6.45, 7) is 2.46. The third kappa shape index (κ3) is 7.95. The Bertz CT molecular complexity index is 1490. The normalized spacial score (nSPS) is 15.1. The highest BCUT2D eigenvalue weighted by molar-refractivity contribution is 7.99. The number of aromatic nitrogens is 2. The third-order valence-corrected chi connectivity index (χ3v) is 9.31. The largest absolute Gasteiger partial charge is 0.494 e. The molecule has 0 spiro atoms. The number of rotatable bonds is 13. The van der Waals surface area contributed by atoms with Gasteiger partial charge in [0, 0.05) is 31.2 Å². The van der Waals surface area contributed by atoms with Crippen LogP contribution in [0.2, 0.25) is 0 Å². The van der Waals surface area contributed by atoms with E-state index in [-0.39, 0.29) is 18.0 Å². The van der Waals surface area contributed by atoms with E-state index in [4.69, 9.17) is 15.5 Å². The van der Waals surface area contributed by atoms with Crippen molar-refractivity contribution in [3.63, 3.8) is 0 Å². The highest BCUT2D eigenvalue weighted by Gasteiger charge is 2.30. The number of nitrogens with zero attached hydrogens (tertiary/aromatic N) is 3. The maximum Gasteiger partial charge on any atom is 0.416 e. The molecule has 0 unspecified atom stereocenters. The molecule has 12 heteroatoms. The number of halogens is 3. The lowest BCUT2D eigenvalue weighted by molar-refractivity contribution is -0.137. The van der Waals surface area contributed by atoms with Crippen molar-refractivity contribution in [2.75, 3.05) is 32.0 Å². The molecule has 1 aromatic heterocycles. The van der Waals surface area contributed by atoms with Crippen molar-refractivity contribution in [1.29, 1.82) is 0 Å². The Kier molecular flexibility index (Phi) is 10.5.